The van der Waals surface area contributed by atoms with Crippen LogP contribution in [0.2, 0.25) is 0 Å². The average molecular weight is 200 g/mol. The quantitative estimate of drug-likeness (QED) is 0.641. The lowest BCUT2D eigenvalue weighted by Crippen LogP contribution is -2.37. The molecule has 0 radical (unpaired) electrons. The van der Waals surface area contributed by atoms with Crippen molar-refractivity contribution in [3.63, 3.8) is 0 Å². The highest BCUT2D eigenvalue weighted by Gasteiger charge is 2.19. The molecule has 2 nitrogen and oxygen atoms in total. The smallest absolute Gasteiger partial charge is 0.103 e. The van der Waals surface area contributed by atoms with E-state index in [0.717, 1.165) is 12.8 Å². The van der Waals surface area contributed by atoms with Crippen LogP contribution in [0.4, 0.5) is 0 Å². The van der Waals surface area contributed by atoms with Crippen molar-refractivity contribution >= 4 is 11.8 Å². The highest BCUT2D eigenvalue weighted by atomic mass is 32.2. The Labute approximate surface area is 86.1 Å². The standard InChI is InChI=1S/C10H20N2S/c1-4-7-13-8-5-6-10(2,9-11)12-3/h12H,4-8H2,1-3H3. The van der Waals surface area contributed by atoms with Crippen LogP contribution in [0, 0.1) is 11.3 Å². The predicted octanol–water partition coefficient (Wildman–Crippen LogP) is 2.41. The topological polar surface area (TPSA) is 35.8 Å². The van der Waals surface area contributed by atoms with Gasteiger partial charge in [-0.1, -0.05) is 6.92 Å². The normalized spacial score (nSPS) is 14.9. The van der Waals surface area contributed by atoms with Crippen molar-refractivity contribution in [1.82, 2.24) is 5.32 Å². The minimum absolute atomic E-state index is 0.327. The van der Waals surface area contributed by atoms with Gasteiger partial charge in [0.1, 0.15) is 5.54 Å². The Morgan fingerprint density at radius 2 is 2.15 bits per heavy atom. The Hall–Kier alpha value is -0.200. The molecule has 0 fully saturated rings. The molecule has 13 heavy (non-hydrogen) atoms. The number of nitriles is 1. The van der Waals surface area contributed by atoms with Crippen LogP contribution in [0.1, 0.15) is 33.1 Å². The number of nitrogens with zero attached hydrogens (tertiary/aromatic N) is 1. The third kappa shape index (κ3) is 5.95. The van der Waals surface area contributed by atoms with E-state index < -0.39 is 0 Å². The molecule has 3 heteroatoms. The van der Waals surface area contributed by atoms with Crippen LogP contribution in [-0.4, -0.2) is 24.1 Å². The summed E-state index contributed by atoms with van der Waals surface area (Å²) >= 11 is 1.98. The zero-order chi connectivity index (χ0) is 10.2. The van der Waals surface area contributed by atoms with Crippen LogP contribution in [0.3, 0.4) is 0 Å². The molecular formula is C10H20N2S. The van der Waals surface area contributed by atoms with E-state index in [-0.39, 0.29) is 5.54 Å². The van der Waals surface area contributed by atoms with Crippen LogP contribution in [0.5, 0.6) is 0 Å². The Bertz CT molecular complexity index is 165. The molecule has 0 aliphatic rings. The third-order valence-corrected chi connectivity index (χ3v) is 3.39. The van der Waals surface area contributed by atoms with E-state index in [1.807, 2.05) is 25.7 Å². The van der Waals surface area contributed by atoms with Gasteiger partial charge < -0.3 is 5.32 Å². The minimum atomic E-state index is -0.327. The number of nitrogens with one attached hydrogen (secondary N) is 1. The van der Waals surface area contributed by atoms with Crippen LogP contribution < -0.4 is 5.32 Å². The van der Waals surface area contributed by atoms with E-state index in [2.05, 4.69) is 18.3 Å². The van der Waals surface area contributed by atoms with Crippen LogP contribution in [0.15, 0.2) is 0 Å². The molecule has 1 unspecified atom stereocenters. The molecule has 0 heterocycles. The van der Waals surface area contributed by atoms with Gasteiger partial charge in [0.15, 0.2) is 0 Å². The van der Waals surface area contributed by atoms with Gasteiger partial charge in [0.2, 0.25) is 0 Å². The van der Waals surface area contributed by atoms with Crippen LogP contribution >= 0.6 is 11.8 Å². The molecule has 1 atom stereocenters. The van der Waals surface area contributed by atoms with Crippen molar-refractivity contribution in [3.8, 4) is 6.07 Å². The molecule has 0 aromatic heterocycles. The van der Waals surface area contributed by atoms with Gasteiger partial charge in [-0.25, -0.2) is 0 Å². The fraction of sp³-hybridized carbons (Fsp3) is 0.900. The SMILES string of the molecule is CCCSCCCC(C)(C#N)NC. The number of thioether (sulfide) groups is 1. The molecule has 0 spiro atoms. The summed E-state index contributed by atoms with van der Waals surface area (Å²) < 4.78 is 0. The fourth-order valence-electron chi connectivity index (χ4n) is 1.01. The van der Waals surface area contributed by atoms with Crippen LogP contribution in [-0.2, 0) is 0 Å². The lowest BCUT2D eigenvalue weighted by molar-refractivity contribution is 0.451. The van der Waals surface area contributed by atoms with E-state index in [9.17, 15) is 0 Å². The predicted molar refractivity (Wildman–Crippen MR) is 59.9 cm³/mol. The van der Waals surface area contributed by atoms with Crippen LogP contribution in [0.25, 0.3) is 0 Å². The number of hydrogen-bond acceptors (Lipinski definition) is 3. The van der Waals surface area contributed by atoms with E-state index in [4.69, 9.17) is 5.26 Å². The van der Waals surface area contributed by atoms with Gasteiger partial charge in [-0.3, -0.25) is 0 Å². The average Bonchev–Trinajstić information content (AvgIpc) is 2.17. The molecule has 0 bridgehead atoms. The highest BCUT2D eigenvalue weighted by molar-refractivity contribution is 7.99. The lowest BCUT2D eigenvalue weighted by Gasteiger charge is -2.19. The minimum Gasteiger partial charge on any atom is -0.303 e. The zero-order valence-electron chi connectivity index (χ0n) is 8.89. The molecule has 0 amide bonds. The largest absolute Gasteiger partial charge is 0.303 e. The summed E-state index contributed by atoms with van der Waals surface area (Å²) in [5, 5.41) is 11.9. The molecular weight excluding hydrogens is 180 g/mol. The van der Waals surface area contributed by atoms with Gasteiger partial charge in [-0.2, -0.15) is 17.0 Å². The molecule has 0 aliphatic heterocycles. The summed E-state index contributed by atoms with van der Waals surface area (Å²) in [6.45, 7) is 4.15. The van der Waals surface area contributed by atoms with Gasteiger partial charge >= 0.3 is 0 Å². The fourth-order valence-corrected chi connectivity index (χ4v) is 1.85. The molecule has 0 saturated heterocycles. The first-order valence-corrected chi connectivity index (χ1v) is 6.02. The molecule has 0 saturated carbocycles. The molecule has 76 valence electrons. The third-order valence-electron chi connectivity index (χ3n) is 2.11. The summed E-state index contributed by atoms with van der Waals surface area (Å²) in [6.07, 6.45) is 3.30. The number of rotatable bonds is 7. The Kier molecular flexibility index (Phi) is 7.12. The lowest BCUT2D eigenvalue weighted by atomic mass is 9.99. The highest BCUT2D eigenvalue weighted by Crippen LogP contribution is 2.13. The first-order valence-electron chi connectivity index (χ1n) is 4.86. The second kappa shape index (κ2) is 7.23. The van der Waals surface area contributed by atoms with E-state index in [1.54, 1.807) is 0 Å². The summed E-state index contributed by atoms with van der Waals surface area (Å²) in [5.74, 6) is 2.41. The van der Waals surface area contributed by atoms with Gasteiger partial charge in [0, 0.05) is 0 Å². The van der Waals surface area contributed by atoms with E-state index in [1.165, 1.54) is 17.9 Å². The summed E-state index contributed by atoms with van der Waals surface area (Å²) in [4.78, 5) is 0. The van der Waals surface area contributed by atoms with Crippen molar-refractivity contribution in [2.24, 2.45) is 0 Å². The molecule has 1 N–H and O–H groups in total. The van der Waals surface area contributed by atoms with Crippen molar-refractivity contribution in [2.45, 2.75) is 38.6 Å². The second-order valence-corrected chi connectivity index (χ2v) is 4.63. The molecule has 0 rings (SSSR count). The Balaban J connectivity index is 3.46. The first-order chi connectivity index (χ1) is 6.18. The summed E-state index contributed by atoms with van der Waals surface area (Å²) in [7, 11) is 1.85. The Morgan fingerprint density at radius 1 is 1.46 bits per heavy atom. The summed E-state index contributed by atoms with van der Waals surface area (Å²) in [6, 6.07) is 2.30. The molecule has 0 aliphatic carbocycles. The van der Waals surface area contributed by atoms with E-state index in [0.29, 0.717) is 0 Å². The molecule has 0 aromatic rings. The van der Waals surface area contributed by atoms with Crippen molar-refractivity contribution in [2.75, 3.05) is 18.6 Å². The monoisotopic (exact) mass is 200 g/mol. The van der Waals surface area contributed by atoms with Gasteiger partial charge in [-0.15, -0.1) is 0 Å². The maximum atomic E-state index is 8.87. The van der Waals surface area contributed by atoms with Crippen molar-refractivity contribution in [1.29, 1.82) is 5.26 Å². The summed E-state index contributed by atoms with van der Waals surface area (Å²) in [5.41, 5.74) is -0.327. The maximum absolute atomic E-state index is 8.87. The van der Waals surface area contributed by atoms with Crippen molar-refractivity contribution in [3.05, 3.63) is 0 Å². The van der Waals surface area contributed by atoms with E-state index >= 15 is 0 Å². The van der Waals surface area contributed by atoms with Crippen molar-refractivity contribution < 1.29 is 0 Å². The van der Waals surface area contributed by atoms with Gasteiger partial charge in [0.05, 0.1) is 6.07 Å². The maximum Gasteiger partial charge on any atom is 0.103 e. The van der Waals surface area contributed by atoms with Gasteiger partial charge in [0.25, 0.3) is 0 Å². The second-order valence-electron chi connectivity index (χ2n) is 3.41. The number of hydrogen-bond donors (Lipinski definition) is 1. The first kappa shape index (κ1) is 12.8. The van der Waals surface area contributed by atoms with Gasteiger partial charge in [-0.05, 0) is 44.7 Å². The zero-order valence-corrected chi connectivity index (χ0v) is 9.71. The molecule has 0 aromatic carbocycles. The Morgan fingerprint density at radius 3 is 2.62 bits per heavy atom.